The fourth-order valence-electron chi connectivity index (χ4n) is 2.12. The van der Waals surface area contributed by atoms with Crippen LogP contribution in [-0.2, 0) is 0 Å². The number of benzene rings is 2. The molecule has 0 atom stereocenters. The molecule has 3 rings (SSSR count). The van der Waals surface area contributed by atoms with Crippen LogP contribution in [0, 0.1) is 5.82 Å². The summed E-state index contributed by atoms with van der Waals surface area (Å²) < 4.78 is 14.4. The SMILES string of the molecule is O=Cc1c(-c2cccc(Cl)c2)nn(-c2ccc(F)cc2)c1Cl. The van der Waals surface area contributed by atoms with Gasteiger partial charge in [-0.25, -0.2) is 9.07 Å². The minimum absolute atomic E-state index is 0.164. The van der Waals surface area contributed by atoms with E-state index in [1.54, 1.807) is 24.3 Å². The van der Waals surface area contributed by atoms with Crippen molar-refractivity contribution in [1.82, 2.24) is 9.78 Å². The molecule has 1 heterocycles. The molecular formula is C16H9Cl2FN2O. The number of aromatic nitrogens is 2. The molecule has 0 spiro atoms. The van der Waals surface area contributed by atoms with Crippen molar-refractivity contribution in [3.8, 4) is 16.9 Å². The molecule has 0 saturated carbocycles. The molecule has 6 heteroatoms. The first-order valence-electron chi connectivity index (χ1n) is 6.35. The lowest BCUT2D eigenvalue weighted by atomic mass is 10.1. The average Bonchev–Trinajstić information content (AvgIpc) is 2.85. The van der Waals surface area contributed by atoms with Crippen LogP contribution in [0.15, 0.2) is 48.5 Å². The number of halogens is 3. The molecule has 0 aliphatic heterocycles. The van der Waals surface area contributed by atoms with Gasteiger partial charge in [-0.15, -0.1) is 0 Å². The molecule has 0 amide bonds. The van der Waals surface area contributed by atoms with Crippen LogP contribution < -0.4 is 0 Å². The number of hydrogen-bond donors (Lipinski definition) is 0. The van der Waals surface area contributed by atoms with E-state index in [0.717, 1.165) is 0 Å². The zero-order chi connectivity index (χ0) is 15.7. The predicted octanol–water partition coefficient (Wildman–Crippen LogP) is 4.80. The average molecular weight is 335 g/mol. The van der Waals surface area contributed by atoms with Crippen LogP contribution in [0.3, 0.4) is 0 Å². The standard InChI is InChI=1S/C16H9Cl2FN2O/c17-11-3-1-2-10(8-11)15-14(9-22)16(18)21(20-15)13-6-4-12(19)5-7-13/h1-9H. The highest BCUT2D eigenvalue weighted by molar-refractivity contribution is 6.33. The normalized spacial score (nSPS) is 10.7. The summed E-state index contributed by atoms with van der Waals surface area (Å²) >= 11 is 12.2. The van der Waals surface area contributed by atoms with E-state index in [4.69, 9.17) is 23.2 Å². The maximum atomic E-state index is 13.0. The molecule has 2 aromatic carbocycles. The molecule has 22 heavy (non-hydrogen) atoms. The Morgan fingerprint density at radius 1 is 1.09 bits per heavy atom. The summed E-state index contributed by atoms with van der Waals surface area (Å²) in [5, 5.41) is 5.06. The molecule has 0 unspecified atom stereocenters. The molecule has 0 bridgehead atoms. The number of carbonyl (C=O) groups excluding carboxylic acids is 1. The van der Waals surface area contributed by atoms with Gasteiger partial charge in [0.15, 0.2) is 6.29 Å². The van der Waals surface area contributed by atoms with Gasteiger partial charge >= 0.3 is 0 Å². The smallest absolute Gasteiger partial charge is 0.155 e. The van der Waals surface area contributed by atoms with Gasteiger partial charge in [0.1, 0.15) is 16.7 Å². The Bertz CT molecular complexity index is 844. The first-order chi connectivity index (χ1) is 10.6. The summed E-state index contributed by atoms with van der Waals surface area (Å²) in [5.41, 5.74) is 1.92. The zero-order valence-corrected chi connectivity index (χ0v) is 12.6. The van der Waals surface area contributed by atoms with E-state index in [9.17, 15) is 9.18 Å². The summed E-state index contributed by atoms with van der Waals surface area (Å²) in [4.78, 5) is 11.4. The van der Waals surface area contributed by atoms with Crippen molar-refractivity contribution in [2.45, 2.75) is 0 Å². The molecule has 0 fully saturated rings. The molecule has 0 radical (unpaired) electrons. The molecule has 1 aromatic heterocycles. The second-order valence-corrected chi connectivity index (χ2v) is 5.36. The quantitative estimate of drug-likeness (QED) is 0.645. The molecule has 0 N–H and O–H groups in total. The van der Waals surface area contributed by atoms with Gasteiger partial charge in [0.2, 0.25) is 0 Å². The van der Waals surface area contributed by atoms with Crippen LogP contribution in [0.25, 0.3) is 16.9 Å². The molecule has 3 nitrogen and oxygen atoms in total. The van der Waals surface area contributed by atoms with Gasteiger partial charge in [0, 0.05) is 10.6 Å². The summed E-state index contributed by atoms with van der Waals surface area (Å²) in [6, 6.07) is 12.6. The second kappa shape index (κ2) is 5.91. The zero-order valence-electron chi connectivity index (χ0n) is 11.1. The number of hydrogen-bond acceptors (Lipinski definition) is 2. The Balaban J connectivity index is 2.18. The lowest BCUT2D eigenvalue weighted by molar-refractivity contribution is 0.112. The minimum atomic E-state index is -0.363. The largest absolute Gasteiger partial charge is 0.298 e. The van der Waals surface area contributed by atoms with Crippen LogP contribution in [0.2, 0.25) is 10.2 Å². The van der Waals surface area contributed by atoms with Gasteiger partial charge in [-0.1, -0.05) is 35.3 Å². The third-order valence-corrected chi connectivity index (χ3v) is 3.75. The first kappa shape index (κ1) is 14.8. The van der Waals surface area contributed by atoms with Crippen LogP contribution in [0.5, 0.6) is 0 Å². The van der Waals surface area contributed by atoms with E-state index in [1.807, 2.05) is 0 Å². The van der Waals surface area contributed by atoms with Gasteiger partial charge in [-0.2, -0.15) is 5.10 Å². The molecule has 0 saturated heterocycles. The van der Waals surface area contributed by atoms with Crippen molar-refractivity contribution in [3.05, 3.63) is 70.1 Å². The van der Waals surface area contributed by atoms with E-state index in [1.165, 1.54) is 28.9 Å². The van der Waals surface area contributed by atoms with Gasteiger partial charge < -0.3 is 0 Å². The first-order valence-corrected chi connectivity index (χ1v) is 7.11. The monoisotopic (exact) mass is 334 g/mol. The Morgan fingerprint density at radius 3 is 2.45 bits per heavy atom. The third kappa shape index (κ3) is 2.63. The van der Waals surface area contributed by atoms with Crippen molar-refractivity contribution in [1.29, 1.82) is 0 Å². The lowest BCUT2D eigenvalue weighted by Gasteiger charge is -2.02. The Morgan fingerprint density at radius 2 is 1.82 bits per heavy atom. The topological polar surface area (TPSA) is 34.9 Å². The van der Waals surface area contributed by atoms with Crippen molar-refractivity contribution in [2.24, 2.45) is 0 Å². The minimum Gasteiger partial charge on any atom is -0.298 e. The lowest BCUT2D eigenvalue weighted by Crippen LogP contribution is -1.96. The Hall–Kier alpha value is -2.17. The van der Waals surface area contributed by atoms with Gasteiger partial charge in [-0.05, 0) is 36.4 Å². The number of carbonyl (C=O) groups is 1. The van der Waals surface area contributed by atoms with Crippen LogP contribution in [-0.4, -0.2) is 16.1 Å². The molecule has 0 aliphatic rings. The highest BCUT2D eigenvalue weighted by atomic mass is 35.5. The van der Waals surface area contributed by atoms with Crippen molar-refractivity contribution >= 4 is 29.5 Å². The summed E-state index contributed by atoms with van der Waals surface area (Å²) in [5.74, 6) is -0.363. The van der Waals surface area contributed by atoms with E-state index < -0.39 is 0 Å². The fraction of sp³-hybridized carbons (Fsp3) is 0. The predicted molar refractivity (Wildman–Crippen MR) is 84.4 cm³/mol. The Labute approximate surface area is 135 Å². The maximum Gasteiger partial charge on any atom is 0.155 e. The van der Waals surface area contributed by atoms with Gasteiger partial charge in [-0.3, -0.25) is 4.79 Å². The molecule has 110 valence electrons. The number of rotatable bonds is 3. The number of aldehydes is 1. The van der Waals surface area contributed by atoms with E-state index in [2.05, 4.69) is 5.10 Å². The van der Waals surface area contributed by atoms with Crippen LogP contribution >= 0.6 is 23.2 Å². The van der Waals surface area contributed by atoms with Crippen molar-refractivity contribution < 1.29 is 9.18 Å². The van der Waals surface area contributed by atoms with E-state index >= 15 is 0 Å². The van der Waals surface area contributed by atoms with Gasteiger partial charge in [0.05, 0.1) is 11.3 Å². The van der Waals surface area contributed by atoms with E-state index in [-0.39, 0.29) is 16.5 Å². The third-order valence-electron chi connectivity index (χ3n) is 3.15. The Kier molecular flexibility index (Phi) is 3.96. The molecule has 3 aromatic rings. The second-order valence-electron chi connectivity index (χ2n) is 4.57. The van der Waals surface area contributed by atoms with E-state index in [0.29, 0.717) is 28.3 Å². The number of nitrogens with zero attached hydrogens (tertiary/aromatic N) is 2. The molecular weight excluding hydrogens is 326 g/mol. The van der Waals surface area contributed by atoms with Crippen LogP contribution in [0.1, 0.15) is 10.4 Å². The van der Waals surface area contributed by atoms with Gasteiger partial charge in [0.25, 0.3) is 0 Å². The molecule has 0 aliphatic carbocycles. The highest BCUT2D eigenvalue weighted by Gasteiger charge is 2.18. The summed E-state index contributed by atoms with van der Waals surface area (Å²) in [6.45, 7) is 0. The fourth-order valence-corrected chi connectivity index (χ4v) is 2.58. The van der Waals surface area contributed by atoms with Crippen LogP contribution in [0.4, 0.5) is 4.39 Å². The highest BCUT2D eigenvalue weighted by Crippen LogP contribution is 2.30. The maximum absolute atomic E-state index is 13.0. The van der Waals surface area contributed by atoms with Crippen molar-refractivity contribution in [3.63, 3.8) is 0 Å². The summed E-state index contributed by atoms with van der Waals surface area (Å²) in [7, 11) is 0. The summed E-state index contributed by atoms with van der Waals surface area (Å²) in [6.07, 6.45) is 0.644. The van der Waals surface area contributed by atoms with Crippen molar-refractivity contribution in [2.75, 3.05) is 0 Å².